The third-order valence-electron chi connectivity index (χ3n) is 4.71. The molecule has 5 unspecified atom stereocenters. The number of aliphatic hydroxyl groups is 5. The van der Waals surface area contributed by atoms with Gasteiger partial charge in [0.15, 0.2) is 11.3 Å². The van der Waals surface area contributed by atoms with Crippen molar-refractivity contribution in [3.63, 3.8) is 0 Å². The number of hydrogen-bond acceptors (Lipinski definition) is 10. The van der Waals surface area contributed by atoms with Crippen LogP contribution in [0, 0.1) is 0 Å². The zero-order valence-corrected chi connectivity index (χ0v) is 16.2. The lowest BCUT2D eigenvalue weighted by Crippen LogP contribution is -2.60. The quantitative estimate of drug-likeness (QED) is 0.284. The van der Waals surface area contributed by atoms with E-state index >= 15 is 0 Å². The van der Waals surface area contributed by atoms with Crippen LogP contribution in [0.5, 0.6) is 11.5 Å². The van der Waals surface area contributed by atoms with Crippen molar-refractivity contribution >= 4 is 11.0 Å². The maximum absolute atomic E-state index is 11.7. The fraction of sp³-hybridized carbons (Fsp3) is 0.450. The second-order valence-corrected chi connectivity index (χ2v) is 6.90. The van der Waals surface area contributed by atoms with Gasteiger partial charge in [0.05, 0.1) is 13.2 Å². The maximum atomic E-state index is 11.7. The van der Waals surface area contributed by atoms with Gasteiger partial charge in [-0.1, -0.05) is 0 Å². The summed E-state index contributed by atoms with van der Waals surface area (Å²) in [6.45, 7) is 0.974. The second kappa shape index (κ2) is 9.56. The van der Waals surface area contributed by atoms with E-state index in [4.69, 9.17) is 23.7 Å². The predicted octanol–water partition coefficient (Wildman–Crippen LogP) is -0.711. The van der Waals surface area contributed by atoms with Gasteiger partial charge in [0.2, 0.25) is 12.0 Å². The molecule has 0 aliphatic carbocycles. The van der Waals surface area contributed by atoms with E-state index in [9.17, 15) is 25.2 Å². The van der Waals surface area contributed by atoms with Gasteiger partial charge in [-0.2, -0.15) is 0 Å². The highest BCUT2D eigenvalue weighted by molar-refractivity contribution is 5.85. The summed E-state index contributed by atoms with van der Waals surface area (Å²) >= 11 is 0. The van der Waals surface area contributed by atoms with Crippen LogP contribution in [0.25, 0.3) is 11.0 Å². The largest absolute Gasteiger partial charge is 0.482 e. The lowest BCUT2D eigenvalue weighted by atomic mass is 9.99. The molecule has 1 fully saturated rings. The molecule has 5 atom stereocenters. The highest BCUT2D eigenvalue weighted by Crippen LogP contribution is 2.37. The minimum atomic E-state index is -1.62. The third kappa shape index (κ3) is 4.64. The molecule has 164 valence electrons. The van der Waals surface area contributed by atoms with Crippen molar-refractivity contribution < 1.29 is 44.2 Å². The Kier molecular flexibility index (Phi) is 7.08. The lowest BCUT2D eigenvalue weighted by Gasteiger charge is -2.39. The van der Waals surface area contributed by atoms with E-state index in [-0.39, 0.29) is 30.3 Å². The molecule has 2 heterocycles. The fourth-order valence-corrected chi connectivity index (χ4v) is 2.94. The normalized spacial score (nSPS) is 27.3. The molecule has 1 saturated heterocycles. The Morgan fingerprint density at radius 2 is 1.83 bits per heavy atom. The standard InChI is InChI=1S/C20H24O10/c1-10(8-21)6-7-27-19-12(4-2-11-3-5-14(23)30-18(11)19)28-20-17(26)16(25)15(24)13(9-22)29-20/h2-6,13,15-17,20-22,24-26H,7-9H2,1H3/b10-6-. The molecule has 5 N–H and O–H groups in total. The van der Waals surface area contributed by atoms with E-state index in [0.717, 1.165) is 0 Å². The number of benzene rings is 1. The Balaban J connectivity index is 1.96. The zero-order chi connectivity index (χ0) is 21.8. The van der Waals surface area contributed by atoms with Gasteiger partial charge in [0.1, 0.15) is 31.0 Å². The summed E-state index contributed by atoms with van der Waals surface area (Å²) in [7, 11) is 0. The maximum Gasteiger partial charge on any atom is 0.336 e. The Morgan fingerprint density at radius 3 is 2.53 bits per heavy atom. The van der Waals surface area contributed by atoms with Gasteiger partial charge >= 0.3 is 5.63 Å². The van der Waals surface area contributed by atoms with Crippen molar-refractivity contribution in [3.05, 3.63) is 46.3 Å². The Labute approximate surface area is 171 Å². The van der Waals surface area contributed by atoms with Crippen molar-refractivity contribution in [3.8, 4) is 11.5 Å². The van der Waals surface area contributed by atoms with Crippen molar-refractivity contribution in [1.82, 2.24) is 0 Å². The summed E-state index contributed by atoms with van der Waals surface area (Å²) in [6, 6.07) is 5.89. The summed E-state index contributed by atoms with van der Waals surface area (Å²) in [6.07, 6.45) is -5.72. The van der Waals surface area contributed by atoms with E-state index in [1.807, 2.05) is 0 Å². The summed E-state index contributed by atoms with van der Waals surface area (Å²) in [5.41, 5.74) is 0.146. The molecule has 0 radical (unpaired) electrons. The highest BCUT2D eigenvalue weighted by atomic mass is 16.7. The van der Waals surface area contributed by atoms with Crippen LogP contribution in [0.2, 0.25) is 0 Å². The van der Waals surface area contributed by atoms with Crippen LogP contribution in [0.4, 0.5) is 0 Å². The average molecular weight is 424 g/mol. The summed E-state index contributed by atoms with van der Waals surface area (Å²) in [5, 5.41) is 49.1. The van der Waals surface area contributed by atoms with Crippen LogP contribution in [-0.2, 0) is 4.74 Å². The molecule has 0 saturated carbocycles. The molecule has 0 amide bonds. The first-order valence-corrected chi connectivity index (χ1v) is 9.29. The first-order valence-electron chi connectivity index (χ1n) is 9.29. The summed E-state index contributed by atoms with van der Waals surface area (Å²) in [4.78, 5) is 11.7. The van der Waals surface area contributed by atoms with Gasteiger partial charge in [-0.25, -0.2) is 4.79 Å². The molecule has 0 bridgehead atoms. The number of ether oxygens (including phenoxy) is 3. The number of rotatable bonds is 7. The lowest BCUT2D eigenvalue weighted by molar-refractivity contribution is -0.277. The van der Waals surface area contributed by atoms with Crippen molar-refractivity contribution in [2.75, 3.05) is 19.8 Å². The second-order valence-electron chi connectivity index (χ2n) is 6.90. The van der Waals surface area contributed by atoms with Crippen LogP contribution in [-0.4, -0.2) is 76.1 Å². The number of fused-ring (bicyclic) bond motifs is 1. The van der Waals surface area contributed by atoms with Crippen molar-refractivity contribution in [2.24, 2.45) is 0 Å². The highest BCUT2D eigenvalue weighted by Gasteiger charge is 2.45. The molecule has 1 aromatic heterocycles. The van der Waals surface area contributed by atoms with Crippen molar-refractivity contribution in [2.45, 2.75) is 37.6 Å². The van der Waals surface area contributed by atoms with Crippen molar-refractivity contribution in [1.29, 1.82) is 0 Å². The topological polar surface area (TPSA) is 159 Å². The molecule has 1 aliphatic rings. The summed E-state index contributed by atoms with van der Waals surface area (Å²) in [5.74, 6) is 0.0837. The number of hydrogen-bond donors (Lipinski definition) is 5. The minimum Gasteiger partial charge on any atom is -0.482 e. The summed E-state index contributed by atoms with van der Waals surface area (Å²) < 4.78 is 22.0. The molecule has 3 rings (SSSR count). The predicted molar refractivity (Wildman–Crippen MR) is 103 cm³/mol. The first kappa shape index (κ1) is 22.2. The molecule has 30 heavy (non-hydrogen) atoms. The van der Waals surface area contributed by atoms with Crippen LogP contribution in [0.3, 0.4) is 0 Å². The fourth-order valence-electron chi connectivity index (χ4n) is 2.94. The molecule has 10 nitrogen and oxygen atoms in total. The molecular formula is C20H24O10. The van der Waals surface area contributed by atoms with E-state index in [0.29, 0.717) is 11.0 Å². The zero-order valence-electron chi connectivity index (χ0n) is 16.2. The average Bonchev–Trinajstić information content (AvgIpc) is 2.74. The first-order chi connectivity index (χ1) is 14.3. The van der Waals surface area contributed by atoms with Crippen LogP contribution < -0.4 is 15.1 Å². The Hall–Kier alpha value is -2.47. The van der Waals surface area contributed by atoms with Crippen LogP contribution in [0.15, 0.2) is 45.1 Å². The Bertz CT molecular complexity index is 950. The van der Waals surface area contributed by atoms with E-state index in [2.05, 4.69) is 0 Å². The SMILES string of the molecule is C/C(=C/COc1c(OC2OC(CO)C(O)C(O)C2O)ccc2ccc(=O)oc12)CO. The van der Waals surface area contributed by atoms with Crippen LogP contribution in [0.1, 0.15) is 6.92 Å². The molecule has 1 aromatic carbocycles. The third-order valence-corrected chi connectivity index (χ3v) is 4.71. The molecule has 1 aliphatic heterocycles. The number of aliphatic hydroxyl groups excluding tert-OH is 5. The minimum absolute atomic E-state index is 0.0230. The van der Waals surface area contributed by atoms with E-state index < -0.39 is 42.9 Å². The van der Waals surface area contributed by atoms with Gasteiger partial charge in [-0.3, -0.25) is 0 Å². The van der Waals surface area contributed by atoms with Gasteiger partial charge in [0, 0.05) is 11.5 Å². The van der Waals surface area contributed by atoms with Gasteiger partial charge in [-0.05, 0) is 36.8 Å². The Morgan fingerprint density at radius 1 is 1.10 bits per heavy atom. The van der Waals surface area contributed by atoms with E-state index in [1.54, 1.807) is 25.1 Å². The van der Waals surface area contributed by atoms with E-state index in [1.165, 1.54) is 12.1 Å². The van der Waals surface area contributed by atoms with Gasteiger partial charge in [0.25, 0.3) is 0 Å². The monoisotopic (exact) mass is 424 g/mol. The molecular weight excluding hydrogens is 400 g/mol. The molecule has 10 heteroatoms. The van der Waals surface area contributed by atoms with Crippen LogP contribution >= 0.6 is 0 Å². The molecule has 0 spiro atoms. The smallest absolute Gasteiger partial charge is 0.336 e. The van der Waals surface area contributed by atoms with Gasteiger partial charge < -0.3 is 44.2 Å². The molecule has 2 aromatic rings. The van der Waals surface area contributed by atoms with Gasteiger partial charge in [-0.15, -0.1) is 0 Å².